The molecule has 1 aromatic carbocycles. The van der Waals surface area contributed by atoms with E-state index in [-0.39, 0.29) is 12.5 Å². The maximum absolute atomic E-state index is 12.4. The maximum atomic E-state index is 12.4. The van der Waals surface area contributed by atoms with Crippen molar-refractivity contribution in [3.8, 4) is 0 Å². The van der Waals surface area contributed by atoms with Crippen LogP contribution in [0.2, 0.25) is 0 Å². The number of ether oxygens (including phenoxy) is 1. The summed E-state index contributed by atoms with van der Waals surface area (Å²) in [6.45, 7) is 4.43. The van der Waals surface area contributed by atoms with Crippen molar-refractivity contribution in [2.75, 3.05) is 23.4 Å². The summed E-state index contributed by atoms with van der Waals surface area (Å²) in [6, 6.07) is 9.03. The Bertz CT molecular complexity index is 906. The van der Waals surface area contributed by atoms with E-state index in [2.05, 4.69) is 19.2 Å². The van der Waals surface area contributed by atoms with E-state index in [0.717, 1.165) is 31.2 Å². The summed E-state index contributed by atoms with van der Waals surface area (Å²) in [6.07, 6.45) is 4.14. The fraction of sp³-hybridized carbons (Fsp3) is 0.409. The van der Waals surface area contributed by atoms with E-state index in [1.54, 1.807) is 23.1 Å². The normalized spacial score (nSPS) is 13.6. The molecule has 1 aromatic heterocycles. The molecule has 0 aliphatic carbocycles. The average molecular weight is 415 g/mol. The van der Waals surface area contributed by atoms with Crippen LogP contribution in [0.5, 0.6) is 0 Å². The Morgan fingerprint density at radius 2 is 2.03 bits per heavy atom. The number of hydrogen-bond acceptors (Lipinski definition) is 5. The molecule has 2 heterocycles. The monoisotopic (exact) mass is 414 g/mol. The number of carbonyl (C=O) groups excluding carboxylic acids is 3. The molecule has 1 N–H and O–H groups in total. The van der Waals surface area contributed by atoms with Crippen LogP contribution in [0.25, 0.3) is 0 Å². The maximum Gasteiger partial charge on any atom is 0.348 e. The Hall–Kier alpha value is -2.67. The van der Waals surface area contributed by atoms with Gasteiger partial charge in [0, 0.05) is 17.8 Å². The number of nitrogens with zero attached hydrogens (tertiary/aromatic N) is 1. The molecule has 7 heteroatoms. The zero-order valence-corrected chi connectivity index (χ0v) is 17.6. The highest BCUT2D eigenvalue weighted by Gasteiger charge is 2.24. The lowest BCUT2D eigenvalue weighted by molar-refractivity contribution is -0.119. The predicted octanol–water partition coefficient (Wildman–Crippen LogP) is 4.19. The van der Waals surface area contributed by atoms with Crippen molar-refractivity contribution in [2.45, 2.75) is 46.0 Å². The number of anilines is 2. The van der Waals surface area contributed by atoms with Crippen molar-refractivity contribution in [1.29, 1.82) is 0 Å². The second kappa shape index (κ2) is 9.69. The van der Waals surface area contributed by atoms with Gasteiger partial charge in [0.2, 0.25) is 5.91 Å². The van der Waals surface area contributed by atoms with Gasteiger partial charge in [-0.25, -0.2) is 4.79 Å². The van der Waals surface area contributed by atoms with Gasteiger partial charge in [-0.3, -0.25) is 9.59 Å². The molecular weight excluding hydrogens is 388 g/mol. The van der Waals surface area contributed by atoms with Gasteiger partial charge in [0.05, 0.1) is 11.4 Å². The van der Waals surface area contributed by atoms with Crippen molar-refractivity contribution < 1.29 is 19.1 Å². The Morgan fingerprint density at radius 1 is 1.24 bits per heavy atom. The third-order valence-electron chi connectivity index (χ3n) is 4.83. The number of para-hydroxylation sites is 2. The first kappa shape index (κ1) is 21.0. The van der Waals surface area contributed by atoms with E-state index < -0.39 is 11.9 Å². The van der Waals surface area contributed by atoms with Gasteiger partial charge >= 0.3 is 5.97 Å². The number of hydrogen-bond donors (Lipinski definition) is 1. The Kier molecular flexibility index (Phi) is 7.04. The fourth-order valence-electron chi connectivity index (χ4n) is 3.41. The molecule has 1 saturated heterocycles. The minimum atomic E-state index is -0.481. The van der Waals surface area contributed by atoms with Gasteiger partial charge in [0.15, 0.2) is 6.61 Å². The Balaban J connectivity index is 1.61. The van der Waals surface area contributed by atoms with Gasteiger partial charge in [-0.15, -0.1) is 11.3 Å². The van der Waals surface area contributed by atoms with E-state index in [4.69, 9.17) is 4.74 Å². The van der Waals surface area contributed by atoms with Gasteiger partial charge in [-0.1, -0.05) is 32.4 Å². The van der Waals surface area contributed by atoms with Crippen LogP contribution in [0.1, 0.15) is 53.2 Å². The number of carbonyl (C=O) groups is 3. The Morgan fingerprint density at radius 3 is 2.72 bits per heavy atom. The highest BCUT2D eigenvalue weighted by atomic mass is 32.1. The largest absolute Gasteiger partial charge is 0.451 e. The minimum Gasteiger partial charge on any atom is -0.451 e. The molecule has 0 radical (unpaired) electrons. The molecule has 1 fully saturated rings. The number of amides is 2. The van der Waals surface area contributed by atoms with Gasteiger partial charge in [0.25, 0.3) is 5.91 Å². The number of esters is 1. The first-order chi connectivity index (χ1) is 14.0. The summed E-state index contributed by atoms with van der Waals surface area (Å²) in [4.78, 5) is 40.1. The molecular formula is C22H26N2O4S. The van der Waals surface area contributed by atoms with Gasteiger partial charge in [0.1, 0.15) is 4.88 Å². The lowest BCUT2D eigenvalue weighted by Crippen LogP contribution is -2.26. The third kappa shape index (κ3) is 5.03. The number of aryl methyl sites for hydroxylation is 2. The summed E-state index contributed by atoms with van der Waals surface area (Å²) in [7, 11) is 0. The molecule has 29 heavy (non-hydrogen) atoms. The van der Waals surface area contributed by atoms with Crippen LogP contribution in [0.3, 0.4) is 0 Å². The summed E-state index contributed by atoms with van der Waals surface area (Å²) < 4.78 is 5.22. The second-order valence-electron chi connectivity index (χ2n) is 6.95. The van der Waals surface area contributed by atoms with Crippen LogP contribution in [0.4, 0.5) is 11.4 Å². The van der Waals surface area contributed by atoms with Crippen molar-refractivity contribution >= 4 is 40.5 Å². The van der Waals surface area contributed by atoms with E-state index >= 15 is 0 Å². The number of nitrogens with one attached hydrogen (secondary N) is 1. The molecule has 1 aliphatic rings. The third-order valence-corrected chi connectivity index (χ3v) is 6.05. The molecule has 0 bridgehead atoms. The quantitative estimate of drug-likeness (QED) is 0.658. The van der Waals surface area contributed by atoms with E-state index in [0.29, 0.717) is 29.2 Å². The van der Waals surface area contributed by atoms with Crippen molar-refractivity contribution in [2.24, 2.45) is 0 Å². The summed E-state index contributed by atoms with van der Waals surface area (Å²) >= 11 is 1.44. The van der Waals surface area contributed by atoms with Crippen molar-refractivity contribution in [3.63, 3.8) is 0 Å². The predicted molar refractivity (Wildman–Crippen MR) is 115 cm³/mol. The lowest BCUT2D eigenvalue weighted by Gasteiger charge is -2.19. The summed E-state index contributed by atoms with van der Waals surface area (Å²) in [5.74, 6) is -0.867. The van der Waals surface area contributed by atoms with Gasteiger partial charge in [-0.2, -0.15) is 0 Å². The van der Waals surface area contributed by atoms with Crippen LogP contribution in [0.15, 0.2) is 30.3 Å². The van der Waals surface area contributed by atoms with E-state index in [1.165, 1.54) is 16.2 Å². The molecule has 0 spiro atoms. The topological polar surface area (TPSA) is 75.7 Å². The van der Waals surface area contributed by atoms with Crippen LogP contribution in [-0.4, -0.2) is 30.9 Å². The number of benzene rings is 1. The zero-order chi connectivity index (χ0) is 20.8. The highest BCUT2D eigenvalue weighted by molar-refractivity contribution is 7.14. The van der Waals surface area contributed by atoms with E-state index in [1.807, 2.05) is 12.1 Å². The van der Waals surface area contributed by atoms with Crippen LogP contribution >= 0.6 is 11.3 Å². The minimum absolute atomic E-state index is 0.0467. The molecule has 6 nitrogen and oxygen atoms in total. The van der Waals surface area contributed by atoms with Crippen LogP contribution < -0.4 is 10.2 Å². The molecule has 2 amide bonds. The second-order valence-corrected chi connectivity index (χ2v) is 8.09. The van der Waals surface area contributed by atoms with Crippen LogP contribution in [0, 0.1) is 0 Å². The summed E-state index contributed by atoms with van der Waals surface area (Å²) in [5.41, 5.74) is 2.38. The SMILES string of the molecule is CCCc1sc(C(=O)OCC(=O)Nc2ccccc2N2CCCC2=O)cc1CC. The zero-order valence-electron chi connectivity index (χ0n) is 16.8. The molecule has 0 saturated carbocycles. The van der Waals surface area contributed by atoms with Crippen molar-refractivity contribution in [3.05, 3.63) is 45.6 Å². The molecule has 2 aromatic rings. The Labute approximate surface area is 174 Å². The standard InChI is InChI=1S/C22H26N2O4S/c1-3-8-18-15(4-2)13-19(29-18)22(27)28-14-20(25)23-16-9-5-6-10-17(16)24-12-7-11-21(24)26/h5-6,9-10,13H,3-4,7-8,11-12,14H2,1-2H3,(H,23,25). The smallest absolute Gasteiger partial charge is 0.348 e. The fourth-order valence-corrected chi connectivity index (χ4v) is 4.66. The van der Waals surface area contributed by atoms with Crippen LogP contribution in [-0.2, 0) is 27.2 Å². The van der Waals surface area contributed by atoms with Gasteiger partial charge in [-0.05, 0) is 43.0 Å². The molecule has 154 valence electrons. The summed E-state index contributed by atoms with van der Waals surface area (Å²) in [5, 5.41) is 2.76. The molecule has 0 unspecified atom stereocenters. The first-order valence-electron chi connectivity index (χ1n) is 10.0. The first-order valence-corrected chi connectivity index (χ1v) is 10.8. The van der Waals surface area contributed by atoms with Crippen molar-refractivity contribution in [1.82, 2.24) is 0 Å². The van der Waals surface area contributed by atoms with Gasteiger partial charge < -0.3 is 15.0 Å². The lowest BCUT2D eigenvalue weighted by atomic mass is 10.1. The molecule has 1 aliphatic heterocycles. The molecule has 0 atom stereocenters. The molecule has 3 rings (SSSR count). The number of rotatable bonds is 8. The average Bonchev–Trinajstić information content (AvgIpc) is 3.33. The number of thiophene rings is 1. The highest BCUT2D eigenvalue weighted by Crippen LogP contribution is 2.29. The van der Waals surface area contributed by atoms with E-state index in [9.17, 15) is 14.4 Å².